The van der Waals surface area contributed by atoms with Crippen molar-refractivity contribution < 1.29 is 23.4 Å². The SMILES string of the molecule is COc1ccc(OC)c(C(=O)COc2ccc3c(C)cc(=O)oc3c2)c1. The summed E-state index contributed by atoms with van der Waals surface area (Å²) in [6.45, 7) is 1.64. The van der Waals surface area contributed by atoms with E-state index >= 15 is 0 Å². The molecule has 0 saturated carbocycles. The first kappa shape index (κ1) is 17.5. The summed E-state index contributed by atoms with van der Waals surface area (Å²) >= 11 is 0. The highest BCUT2D eigenvalue weighted by Gasteiger charge is 2.15. The van der Waals surface area contributed by atoms with E-state index in [1.165, 1.54) is 20.3 Å². The molecule has 2 aromatic carbocycles. The molecule has 0 unspecified atom stereocenters. The summed E-state index contributed by atoms with van der Waals surface area (Å²) in [5, 5.41) is 0.817. The maximum absolute atomic E-state index is 12.5. The first-order valence-electron chi connectivity index (χ1n) is 7.94. The number of rotatable bonds is 6. The van der Waals surface area contributed by atoms with Crippen molar-refractivity contribution in [2.24, 2.45) is 0 Å². The maximum atomic E-state index is 12.5. The second-order valence-electron chi connectivity index (χ2n) is 5.68. The Bertz CT molecular complexity index is 1020. The average molecular weight is 354 g/mol. The molecule has 0 aliphatic heterocycles. The van der Waals surface area contributed by atoms with Gasteiger partial charge in [0.15, 0.2) is 6.61 Å². The molecule has 0 radical (unpaired) electrons. The molecule has 0 N–H and O–H groups in total. The van der Waals surface area contributed by atoms with Crippen LogP contribution in [0, 0.1) is 6.92 Å². The van der Waals surface area contributed by atoms with Crippen LogP contribution in [0.5, 0.6) is 17.2 Å². The Balaban J connectivity index is 1.82. The Morgan fingerprint density at radius 3 is 2.50 bits per heavy atom. The van der Waals surface area contributed by atoms with E-state index in [1.54, 1.807) is 36.4 Å². The van der Waals surface area contributed by atoms with Crippen LogP contribution >= 0.6 is 0 Å². The van der Waals surface area contributed by atoms with Gasteiger partial charge in [-0.1, -0.05) is 0 Å². The van der Waals surface area contributed by atoms with Gasteiger partial charge in [0.2, 0.25) is 5.78 Å². The van der Waals surface area contributed by atoms with E-state index in [1.807, 2.05) is 6.92 Å². The quantitative estimate of drug-likeness (QED) is 0.499. The summed E-state index contributed by atoms with van der Waals surface area (Å²) in [6.07, 6.45) is 0. The van der Waals surface area contributed by atoms with Crippen molar-refractivity contribution in [3.05, 3.63) is 64.0 Å². The van der Waals surface area contributed by atoms with Crippen LogP contribution in [-0.4, -0.2) is 26.6 Å². The fraction of sp³-hybridized carbons (Fsp3) is 0.200. The van der Waals surface area contributed by atoms with Gasteiger partial charge in [0, 0.05) is 17.5 Å². The van der Waals surface area contributed by atoms with Crippen molar-refractivity contribution in [1.29, 1.82) is 0 Å². The monoisotopic (exact) mass is 354 g/mol. The molecule has 0 spiro atoms. The third-order valence-corrected chi connectivity index (χ3v) is 4.00. The molecule has 0 aliphatic carbocycles. The van der Waals surface area contributed by atoms with Gasteiger partial charge in [-0.2, -0.15) is 0 Å². The van der Waals surface area contributed by atoms with Gasteiger partial charge >= 0.3 is 5.63 Å². The largest absolute Gasteiger partial charge is 0.497 e. The third kappa shape index (κ3) is 3.54. The van der Waals surface area contributed by atoms with Crippen LogP contribution in [-0.2, 0) is 0 Å². The fourth-order valence-corrected chi connectivity index (χ4v) is 2.65. The topological polar surface area (TPSA) is 75.0 Å². The van der Waals surface area contributed by atoms with E-state index in [4.69, 9.17) is 18.6 Å². The number of ether oxygens (including phenoxy) is 3. The number of ketones is 1. The Labute approximate surface area is 149 Å². The van der Waals surface area contributed by atoms with Crippen LogP contribution in [0.25, 0.3) is 11.0 Å². The minimum absolute atomic E-state index is 0.189. The van der Waals surface area contributed by atoms with Gasteiger partial charge in [-0.05, 0) is 42.8 Å². The molecule has 0 bridgehead atoms. The predicted octanol–water partition coefficient (Wildman–Crippen LogP) is 3.38. The molecule has 6 heteroatoms. The Hall–Kier alpha value is -3.28. The molecule has 0 aliphatic rings. The molecule has 1 heterocycles. The number of fused-ring (bicyclic) bond motifs is 1. The number of Topliss-reactive ketones (excluding diaryl/α,β-unsaturated/α-hetero) is 1. The smallest absolute Gasteiger partial charge is 0.336 e. The van der Waals surface area contributed by atoms with Gasteiger partial charge in [-0.25, -0.2) is 4.79 Å². The summed E-state index contributed by atoms with van der Waals surface area (Å²) in [5.74, 6) is 1.17. The normalized spacial score (nSPS) is 10.6. The summed E-state index contributed by atoms with van der Waals surface area (Å²) in [5.41, 5.74) is 1.18. The highest BCUT2D eigenvalue weighted by molar-refractivity contribution is 6.00. The van der Waals surface area contributed by atoms with Gasteiger partial charge in [0.1, 0.15) is 22.8 Å². The zero-order valence-electron chi connectivity index (χ0n) is 14.7. The van der Waals surface area contributed by atoms with Crippen molar-refractivity contribution in [2.45, 2.75) is 6.92 Å². The lowest BCUT2D eigenvalue weighted by molar-refractivity contribution is 0.0918. The lowest BCUT2D eigenvalue weighted by Crippen LogP contribution is -2.13. The molecular formula is C20H18O6. The first-order chi connectivity index (χ1) is 12.5. The van der Waals surface area contributed by atoms with Crippen molar-refractivity contribution in [3.63, 3.8) is 0 Å². The molecule has 3 rings (SSSR count). The number of carbonyl (C=O) groups excluding carboxylic acids is 1. The average Bonchev–Trinajstić information content (AvgIpc) is 2.65. The molecule has 0 fully saturated rings. The van der Waals surface area contributed by atoms with Gasteiger partial charge in [0.25, 0.3) is 0 Å². The summed E-state index contributed by atoms with van der Waals surface area (Å²) in [6, 6.07) is 11.5. The zero-order chi connectivity index (χ0) is 18.7. The van der Waals surface area contributed by atoms with E-state index in [9.17, 15) is 9.59 Å². The minimum atomic E-state index is -0.427. The molecular weight excluding hydrogens is 336 g/mol. The highest BCUT2D eigenvalue weighted by Crippen LogP contribution is 2.26. The lowest BCUT2D eigenvalue weighted by atomic mass is 10.1. The molecule has 0 saturated heterocycles. The fourth-order valence-electron chi connectivity index (χ4n) is 2.65. The Morgan fingerprint density at radius 1 is 1.00 bits per heavy atom. The Kier molecular flexibility index (Phi) is 4.93. The molecule has 1 aromatic heterocycles. The van der Waals surface area contributed by atoms with Crippen molar-refractivity contribution in [2.75, 3.05) is 20.8 Å². The minimum Gasteiger partial charge on any atom is -0.497 e. The molecule has 134 valence electrons. The number of methoxy groups -OCH3 is 2. The molecule has 3 aromatic rings. The Morgan fingerprint density at radius 2 is 1.77 bits per heavy atom. The number of benzene rings is 2. The van der Waals surface area contributed by atoms with E-state index in [-0.39, 0.29) is 12.4 Å². The van der Waals surface area contributed by atoms with Crippen LogP contribution in [0.15, 0.2) is 51.7 Å². The zero-order valence-corrected chi connectivity index (χ0v) is 14.7. The predicted molar refractivity (Wildman–Crippen MR) is 96.6 cm³/mol. The van der Waals surface area contributed by atoms with Gasteiger partial charge in [0.05, 0.1) is 19.8 Å². The first-order valence-corrected chi connectivity index (χ1v) is 7.94. The van der Waals surface area contributed by atoms with Gasteiger partial charge in [-0.3, -0.25) is 4.79 Å². The summed E-state index contributed by atoms with van der Waals surface area (Å²) < 4.78 is 21.1. The van der Waals surface area contributed by atoms with E-state index in [0.717, 1.165) is 10.9 Å². The van der Waals surface area contributed by atoms with Crippen molar-refractivity contribution in [1.82, 2.24) is 0 Å². The highest BCUT2D eigenvalue weighted by atomic mass is 16.5. The van der Waals surface area contributed by atoms with Gasteiger partial charge in [-0.15, -0.1) is 0 Å². The number of carbonyl (C=O) groups is 1. The molecule has 0 atom stereocenters. The van der Waals surface area contributed by atoms with Gasteiger partial charge < -0.3 is 18.6 Å². The number of hydrogen-bond acceptors (Lipinski definition) is 6. The number of aryl methyl sites for hydroxylation is 1. The molecule has 26 heavy (non-hydrogen) atoms. The molecule has 6 nitrogen and oxygen atoms in total. The second kappa shape index (κ2) is 7.31. The van der Waals surface area contributed by atoms with E-state index in [2.05, 4.69) is 0 Å². The van der Waals surface area contributed by atoms with Crippen LogP contribution in [0.2, 0.25) is 0 Å². The number of hydrogen-bond donors (Lipinski definition) is 0. The van der Waals surface area contributed by atoms with E-state index < -0.39 is 5.63 Å². The summed E-state index contributed by atoms with van der Waals surface area (Å²) in [4.78, 5) is 24.0. The van der Waals surface area contributed by atoms with Crippen LogP contribution in [0.1, 0.15) is 15.9 Å². The standard InChI is InChI=1S/C20H18O6/c1-12-8-20(22)26-19-10-14(4-6-15(12)19)25-11-17(21)16-9-13(23-2)5-7-18(16)24-3/h4-10H,11H2,1-3H3. The third-order valence-electron chi connectivity index (χ3n) is 4.00. The van der Waals surface area contributed by atoms with Crippen molar-refractivity contribution in [3.8, 4) is 17.2 Å². The second-order valence-corrected chi connectivity index (χ2v) is 5.68. The molecule has 0 amide bonds. The maximum Gasteiger partial charge on any atom is 0.336 e. The summed E-state index contributed by atoms with van der Waals surface area (Å²) in [7, 11) is 3.02. The van der Waals surface area contributed by atoms with Crippen LogP contribution in [0.3, 0.4) is 0 Å². The lowest BCUT2D eigenvalue weighted by Gasteiger charge is -2.11. The van der Waals surface area contributed by atoms with Crippen LogP contribution in [0.4, 0.5) is 0 Å². The van der Waals surface area contributed by atoms with Crippen LogP contribution < -0.4 is 19.8 Å². The van der Waals surface area contributed by atoms with Crippen molar-refractivity contribution >= 4 is 16.8 Å². The van der Waals surface area contributed by atoms with E-state index in [0.29, 0.717) is 28.4 Å².